The van der Waals surface area contributed by atoms with Crippen molar-refractivity contribution in [3.8, 4) is 0 Å². The molecule has 1 rings (SSSR count). The number of anilines is 1. The van der Waals surface area contributed by atoms with Crippen molar-refractivity contribution in [3.63, 3.8) is 0 Å². The number of nitrogens with two attached hydrogens (primary N) is 1. The van der Waals surface area contributed by atoms with Crippen LogP contribution >= 0.6 is 0 Å². The summed E-state index contributed by atoms with van der Waals surface area (Å²) >= 11 is 0. The van der Waals surface area contributed by atoms with Crippen LogP contribution in [0.3, 0.4) is 0 Å². The van der Waals surface area contributed by atoms with E-state index in [0.717, 1.165) is 22.7 Å². The number of rotatable bonds is 5. The lowest BCUT2D eigenvalue weighted by molar-refractivity contribution is 0.508. The first-order valence-corrected chi connectivity index (χ1v) is 6.84. The molecule has 0 atom stereocenters. The summed E-state index contributed by atoms with van der Waals surface area (Å²) in [5.74, 6) is -2.09. The molecule has 96 valence electrons. The van der Waals surface area contributed by atoms with Gasteiger partial charge < -0.3 is 5.73 Å². The molecule has 0 amide bonds. The minimum absolute atomic E-state index is 0.0971. The van der Waals surface area contributed by atoms with Gasteiger partial charge in [0.2, 0.25) is 10.0 Å². The summed E-state index contributed by atoms with van der Waals surface area (Å²) in [6, 6.07) is 2.97. The van der Waals surface area contributed by atoms with Crippen molar-refractivity contribution >= 4 is 15.7 Å². The zero-order chi connectivity index (χ0) is 13.1. The average Bonchev–Trinajstić information content (AvgIpc) is 2.22. The zero-order valence-electron chi connectivity index (χ0n) is 9.36. The minimum Gasteiger partial charge on any atom is -0.330 e. The first kappa shape index (κ1) is 13.9. The first-order valence-electron chi connectivity index (χ1n) is 4.99. The van der Waals surface area contributed by atoms with E-state index in [1.54, 1.807) is 0 Å². The summed E-state index contributed by atoms with van der Waals surface area (Å²) in [7, 11) is -3.53. The molecule has 2 N–H and O–H groups in total. The van der Waals surface area contributed by atoms with Crippen molar-refractivity contribution in [2.45, 2.75) is 6.42 Å². The maximum atomic E-state index is 13.0. The van der Waals surface area contributed by atoms with Gasteiger partial charge in [0.15, 0.2) is 11.6 Å². The van der Waals surface area contributed by atoms with E-state index >= 15 is 0 Å². The van der Waals surface area contributed by atoms with Crippen molar-refractivity contribution in [1.29, 1.82) is 0 Å². The highest BCUT2D eigenvalue weighted by atomic mass is 32.2. The number of halogens is 2. The van der Waals surface area contributed by atoms with Gasteiger partial charge in [-0.2, -0.15) is 0 Å². The van der Waals surface area contributed by atoms with Crippen LogP contribution in [0.4, 0.5) is 14.5 Å². The third-order valence-electron chi connectivity index (χ3n) is 2.16. The second-order valence-corrected chi connectivity index (χ2v) is 5.48. The second kappa shape index (κ2) is 5.42. The topological polar surface area (TPSA) is 63.4 Å². The molecule has 0 aliphatic carbocycles. The Hall–Kier alpha value is -1.21. The fourth-order valence-electron chi connectivity index (χ4n) is 1.36. The highest BCUT2D eigenvalue weighted by molar-refractivity contribution is 7.92. The fraction of sp³-hybridized carbons (Fsp3) is 0.400. The van der Waals surface area contributed by atoms with Crippen LogP contribution in [0.1, 0.15) is 6.42 Å². The third kappa shape index (κ3) is 3.64. The molecule has 0 unspecified atom stereocenters. The molecular weight excluding hydrogens is 250 g/mol. The van der Waals surface area contributed by atoms with Gasteiger partial charge in [0.1, 0.15) is 0 Å². The summed E-state index contributed by atoms with van der Waals surface area (Å²) in [5.41, 5.74) is 5.39. The summed E-state index contributed by atoms with van der Waals surface area (Å²) in [5, 5.41) is 0. The largest absolute Gasteiger partial charge is 0.330 e. The molecular formula is C10H14F2N2O2S. The quantitative estimate of drug-likeness (QED) is 0.865. The molecule has 0 bridgehead atoms. The molecule has 0 aromatic heterocycles. The Labute approximate surface area is 99.1 Å². The Balaban J connectivity index is 3.09. The van der Waals surface area contributed by atoms with Crippen molar-refractivity contribution in [1.82, 2.24) is 0 Å². The number of hydrogen-bond donors (Lipinski definition) is 1. The van der Waals surface area contributed by atoms with Gasteiger partial charge in [-0.1, -0.05) is 0 Å². The molecule has 17 heavy (non-hydrogen) atoms. The number of nitrogens with zero attached hydrogens (tertiary/aromatic N) is 1. The molecule has 0 heterocycles. The van der Waals surface area contributed by atoms with Gasteiger partial charge in [-0.05, 0) is 25.1 Å². The van der Waals surface area contributed by atoms with Gasteiger partial charge in [0.25, 0.3) is 0 Å². The third-order valence-corrected chi connectivity index (χ3v) is 3.35. The van der Waals surface area contributed by atoms with Gasteiger partial charge in [0.05, 0.1) is 11.9 Å². The van der Waals surface area contributed by atoms with Crippen LogP contribution in [0.25, 0.3) is 0 Å². The monoisotopic (exact) mass is 264 g/mol. The molecule has 1 aromatic carbocycles. The zero-order valence-corrected chi connectivity index (χ0v) is 10.2. The van der Waals surface area contributed by atoms with Crippen LogP contribution in [0.5, 0.6) is 0 Å². The van der Waals surface area contributed by atoms with Gasteiger partial charge in [-0.25, -0.2) is 17.2 Å². The molecule has 0 radical (unpaired) electrons. The van der Waals surface area contributed by atoms with Crippen LogP contribution in [-0.4, -0.2) is 27.8 Å². The van der Waals surface area contributed by atoms with E-state index in [2.05, 4.69) is 0 Å². The Bertz CT molecular complexity index is 491. The van der Waals surface area contributed by atoms with Crippen molar-refractivity contribution in [3.05, 3.63) is 29.8 Å². The van der Waals surface area contributed by atoms with E-state index in [0.29, 0.717) is 13.0 Å². The van der Waals surface area contributed by atoms with Crippen molar-refractivity contribution in [2.24, 2.45) is 5.73 Å². The van der Waals surface area contributed by atoms with E-state index < -0.39 is 21.7 Å². The smallest absolute Gasteiger partial charge is 0.232 e. The maximum absolute atomic E-state index is 13.0. The van der Waals surface area contributed by atoms with Crippen LogP contribution in [0.15, 0.2) is 18.2 Å². The number of sulfonamides is 1. The first-order chi connectivity index (χ1) is 7.86. The van der Waals surface area contributed by atoms with E-state index in [4.69, 9.17) is 5.73 Å². The summed E-state index contributed by atoms with van der Waals surface area (Å²) in [4.78, 5) is 0. The van der Waals surface area contributed by atoms with E-state index in [1.807, 2.05) is 0 Å². The Morgan fingerprint density at radius 3 is 2.41 bits per heavy atom. The highest BCUT2D eigenvalue weighted by Crippen LogP contribution is 2.20. The van der Waals surface area contributed by atoms with Crippen molar-refractivity contribution < 1.29 is 17.2 Å². The molecule has 0 saturated heterocycles. The van der Waals surface area contributed by atoms with Crippen LogP contribution in [0.2, 0.25) is 0 Å². The average molecular weight is 264 g/mol. The standard InChI is InChI=1S/C10H14F2N2O2S/c1-17(15,16)14(6-2-5-13)8-3-4-9(11)10(12)7-8/h3-4,7H,2,5-6,13H2,1H3. The molecule has 0 fully saturated rings. The van der Waals surface area contributed by atoms with Crippen LogP contribution < -0.4 is 10.0 Å². The van der Waals surface area contributed by atoms with Crippen molar-refractivity contribution in [2.75, 3.05) is 23.7 Å². The molecule has 0 aliphatic heterocycles. The lowest BCUT2D eigenvalue weighted by Gasteiger charge is -2.22. The molecule has 4 nitrogen and oxygen atoms in total. The lowest BCUT2D eigenvalue weighted by atomic mass is 10.3. The summed E-state index contributed by atoms with van der Waals surface area (Å²) in [6.45, 7) is 0.454. The van der Waals surface area contributed by atoms with Gasteiger partial charge in [-0.3, -0.25) is 4.31 Å². The molecule has 0 aliphatic rings. The van der Waals surface area contributed by atoms with Gasteiger partial charge >= 0.3 is 0 Å². The van der Waals surface area contributed by atoms with Crippen LogP contribution in [0, 0.1) is 11.6 Å². The van der Waals surface area contributed by atoms with E-state index in [1.165, 1.54) is 6.07 Å². The summed E-state index contributed by atoms with van der Waals surface area (Å²) in [6.07, 6.45) is 1.44. The van der Waals surface area contributed by atoms with Gasteiger partial charge in [-0.15, -0.1) is 0 Å². The number of hydrogen-bond acceptors (Lipinski definition) is 3. The second-order valence-electron chi connectivity index (χ2n) is 3.58. The van der Waals surface area contributed by atoms with E-state index in [-0.39, 0.29) is 12.2 Å². The molecule has 1 aromatic rings. The Morgan fingerprint density at radius 2 is 1.94 bits per heavy atom. The van der Waals surface area contributed by atoms with Crippen LogP contribution in [-0.2, 0) is 10.0 Å². The maximum Gasteiger partial charge on any atom is 0.232 e. The predicted octanol–water partition coefficient (Wildman–Crippen LogP) is 1.08. The minimum atomic E-state index is -3.53. The Morgan fingerprint density at radius 1 is 1.29 bits per heavy atom. The fourth-order valence-corrected chi connectivity index (χ4v) is 2.32. The molecule has 0 saturated carbocycles. The molecule has 7 heteroatoms. The SMILES string of the molecule is CS(=O)(=O)N(CCCN)c1ccc(F)c(F)c1. The lowest BCUT2D eigenvalue weighted by Crippen LogP contribution is -2.32. The molecule has 0 spiro atoms. The van der Waals surface area contributed by atoms with E-state index in [9.17, 15) is 17.2 Å². The van der Waals surface area contributed by atoms with Gasteiger partial charge in [0, 0.05) is 12.6 Å². The summed E-state index contributed by atoms with van der Waals surface area (Å²) < 4.78 is 49.8. The Kier molecular flexibility index (Phi) is 4.41. The number of benzene rings is 1. The predicted molar refractivity (Wildman–Crippen MR) is 62.2 cm³/mol. The normalized spacial score (nSPS) is 11.5. The highest BCUT2D eigenvalue weighted by Gasteiger charge is 2.18.